The maximum atomic E-state index is 13.1. The van der Waals surface area contributed by atoms with Crippen molar-refractivity contribution in [3.63, 3.8) is 0 Å². The number of allylic oxidation sites excluding steroid dienone is 6. The van der Waals surface area contributed by atoms with E-state index >= 15 is 0 Å². The number of carbonyl (C=O) groups excluding carboxylic acids is 3. The summed E-state index contributed by atoms with van der Waals surface area (Å²) in [5.41, 5.74) is 1.32. The Morgan fingerprint density at radius 3 is 2.30 bits per heavy atom. The number of unbranched alkanes of at least 4 members (excludes halogenated alkanes) is 2. The number of rotatable bonds is 12. The first kappa shape index (κ1) is 25.4. The third-order valence-electron chi connectivity index (χ3n) is 4.81. The Balaban J connectivity index is 3.24. The smallest absolute Gasteiger partial charge is 0.293 e. The molecule has 0 aromatic heterocycles. The summed E-state index contributed by atoms with van der Waals surface area (Å²) in [6.07, 6.45) is 8.05. The zero-order chi connectivity index (χ0) is 22.7. The van der Waals surface area contributed by atoms with Gasteiger partial charge < -0.3 is 0 Å². The third kappa shape index (κ3) is 6.99. The lowest BCUT2D eigenvalue weighted by atomic mass is 9.83. The quantitative estimate of drug-likeness (QED) is 0.0820. The highest BCUT2D eigenvalue weighted by Gasteiger charge is 2.39. The fourth-order valence-corrected chi connectivity index (χ4v) is 3.17. The Labute approximate surface area is 177 Å². The molecule has 0 fully saturated rings. The van der Waals surface area contributed by atoms with Crippen molar-refractivity contribution < 1.29 is 24.2 Å². The van der Waals surface area contributed by atoms with E-state index in [2.05, 4.69) is 21.0 Å². The first-order valence-electron chi connectivity index (χ1n) is 10.2. The van der Waals surface area contributed by atoms with E-state index in [0.29, 0.717) is 6.42 Å². The van der Waals surface area contributed by atoms with Crippen LogP contribution in [-0.2, 0) is 24.2 Å². The molecule has 0 heterocycles. The maximum Gasteiger partial charge on any atom is 0.377 e. The molecule has 0 radical (unpaired) electrons. The number of hydrogen-bond donors (Lipinski definition) is 0. The molecule has 1 aliphatic carbocycles. The highest BCUT2D eigenvalue weighted by atomic mass is 17.2. The first-order valence-corrected chi connectivity index (χ1v) is 10.2. The van der Waals surface area contributed by atoms with Crippen molar-refractivity contribution in [3.8, 4) is 0 Å². The van der Waals surface area contributed by atoms with Gasteiger partial charge in [-0.15, -0.1) is 4.91 Å². The molecule has 164 valence electrons. The van der Waals surface area contributed by atoms with Crippen LogP contribution < -0.4 is 0 Å². The molecule has 0 saturated heterocycles. The summed E-state index contributed by atoms with van der Waals surface area (Å²) < 4.78 is 0. The number of nitroso groups, excluding NO2 is 1. The van der Waals surface area contributed by atoms with Gasteiger partial charge in [-0.1, -0.05) is 43.1 Å². The van der Waals surface area contributed by atoms with Crippen LogP contribution in [0.1, 0.15) is 72.6 Å². The van der Waals surface area contributed by atoms with Crippen molar-refractivity contribution in [3.05, 3.63) is 50.6 Å². The molecule has 0 bridgehead atoms. The van der Waals surface area contributed by atoms with E-state index in [9.17, 15) is 19.3 Å². The number of Topliss-reactive ketones (excluding diaryl/α,β-unsaturated/α-hetero) is 2. The van der Waals surface area contributed by atoms with Crippen LogP contribution in [0, 0.1) is 4.91 Å². The summed E-state index contributed by atoms with van der Waals surface area (Å²) in [4.78, 5) is 58.6. The Morgan fingerprint density at radius 2 is 1.73 bits per heavy atom. The van der Waals surface area contributed by atoms with Gasteiger partial charge in [-0.05, 0) is 58.1 Å². The molecule has 7 heteroatoms. The molecular weight excluding hydrogens is 386 g/mol. The summed E-state index contributed by atoms with van der Waals surface area (Å²) in [6, 6.07) is 0. The van der Waals surface area contributed by atoms with Crippen LogP contribution >= 0.6 is 0 Å². The normalized spacial score (nSPS) is 14.9. The highest BCUT2D eigenvalue weighted by molar-refractivity contribution is 6.34. The fourth-order valence-electron chi connectivity index (χ4n) is 3.17. The lowest BCUT2D eigenvalue weighted by Gasteiger charge is -2.19. The van der Waals surface area contributed by atoms with Crippen LogP contribution in [0.5, 0.6) is 0 Å². The number of nitrogens with zero attached hydrogens (tertiary/aromatic N) is 1. The van der Waals surface area contributed by atoms with E-state index in [1.807, 2.05) is 27.7 Å². The van der Waals surface area contributed by atoms with Crippen molar-refractivity contribution in [2.45, 2.75) is 72.6 Å². The SMILES string of the molecule is CCCCCC1=C(C(=O)OOC)C(=O)C(C/C=C(\C)CCC=C(C)C)=C(N=O)C1=O. The third-order valence-corrected chi connectivity index (χ3v) is 4.81. The van der Waals surface area contributed by atoms with Crippen LogP contribution in [-0.4, -0.2) is 24.6 Å². The van der Waals surface area contributed by atoms with Gasteiger partial charge in [-0.3, -0.25) is 14.5 Å². The first-order chi connectivity index (χ1) is 14.3. The predicted molar refractivity (Wildman–Crippen MR) is 114 cm³/mol. The van der Waals surface area contributed by atoms with Crippen LogP contribution in [0.25, 0.3) is 0 Å². The average molecular weight is 418 g/mol. The van der Waals surface area contributed by atoms with E-state index in [1.54, 1.807) is 6.08 Å². The highest BCUT2D eigenvalue weighted by Crippen LogP contribution is 2.32. The van der Waals surface area contributed by atoms with Crippen molar-refractivity contribution in [1.82, 2.24) is 0 Å². The maximum absolute atomic E-state index is 13.1. The zero-order valence-electron chi connectivity index (χ0n) is 18.5. The Morgan fingerprint density at radius 1 is 1.03 bits per heavy atom. The molecule has 1 aliphatic rings. The van der Waals surface area contributed by atoms with Gasteiger partial charge in [0.15, 0.2) is 11.5 Å². The van der Waals surface area contributed by atoms with Gasteiger partial charge in [0.1, 0.15) is 5.57 Å². The Bertz CT molecular complexity index is 810. The van der Waals surface area contributed by atoms with Crippen molar-refractivity contribution in [1.29, 1.82) is 0 Å². The largest absolute Gasteiger partial charge is 0.377 e. The van der Waals surface area contributed by atoms with E-state index < -0.39 is 23.2 Å². The summed E-state index contributed by atoms with van der Waals surface area (Å²) in [5, 5.41) is 2.84. The minimum atomic E-state index is -1.03. The molecule has 0 aromatic carbocycles. The molecule has 0 saturated carbocycles. The summed E-state index contributed by atoms with van der Waals surface area (Å²) in [6.45, 7) is 7.94. The van der Waals surface area contributed by atoms with E-state index in [0.717, 1.165) is 38.4 Å². The summed E-state index contributed by atoms with van der Waals surface area (Å²) >= 11 is 0. The van der Waals surface area contributed by atoms with Crippen LogP contribution in [0.3, 0.4) is 0 Å². The second kappa shape index (κ2) is 12.8. The van der Waals surface area contributed by atoms with Crippen LogP contribution in [0.15, 0.2) is 50.9 Å². The van der Waals surface area contributed by atoms with Gasteiger partial charge in [0.25, 0.3) is 0 Å². The summed E-state index contributed by atoms with van der Waals surface area (Å²) in [7, 11) is 1.14. The number of carbonyl (C=O) groups is 3. The van der Waals surface area contributed by atoms with E-state index in [4.69, 9.17) is 0 Å². The lowest BCUT2D eigenvalue weighted by molar-refractivity contribution is -0.250. The monoisotopic (exact) mass is 417 g/mol. The molecule has 30 heavy (non-hydrogen) atoms. The predicted octanol–water partition coefficient (Wildman–Crippen LogP) is 5.22. The van der Waals surface area contributed by atoms with E-state index in [-0.39, 0.29) is 29.6 Å². The van der Waals surface area contributed by atoms with Gasteiger partial charge in [0, 0.05) is 11.1 Å². The van der Waals surface area contributed by atoms with Crippen LogP contribution in [0.4, 0.5) is 0 Å². The van der Waals surface area contributed by atoms with Crippen molar-refractivity contribution in [2.24, 2.45) is 5.18 Å². The van der Waals surface area contributed by atoms with Crippen LogP contribution in [0.2, 0.25) is 0 Å². The second-order valence-electron chi connectivity index (χ2n) is 7.50. The van der Waals surface area contributed by atoms with Crippen molar-refractivity contribution in [2.75, 3.05) is 7.11 Å². The molecule has 0 spiro atoms. The fraction of sp³-hybridized carbons (Fsp3) is 0.522. The van der Waals surface area contributed by atoms with E-state index in [1.165, 1.54) is 5.57 Å². The summed E-state index contributed by atoms with van der Waals surface area (Å²) in [5.74, 6) is -2.42. The Kier molecular flexibility index (Phi) is 10.8. The molecule has 7 nitrogen and oxygen atoms in total. The molecular formula is C23H31NO6. The molecule has 0 atom stereocenters. The number of hydrogen-bond acceptors (Lipinski definition) is 7. The molecule has 0 unspecified atom stereocenters. The van der Waals surface area contributed by atoms with Gasteiger partial charge >= 0.3 is 5.97 Å². The van der Waals surface area contributed by atoms with Crippen molar-refractivity contribution >= 4 is 17.5 Å². The molecule has 0 amide bonds. The van der Waals surface area contributed by atoms with Gasteiger partial charge in [-0.2, -0.15) is 4.89 Å². The van der Waals surface area contributed by atoms with Gasteiger partial charge in [-0.25, -0.2) is 4.79 Å². The van der Waals surface area contributed by atoms with Gasteiger partial charge in [0.05, 0.1) is 7.11 Å². The average Bonchev–Trinajstić information content (AvgIpc) is 2.69. The number of ketones is 2. The standard InChI is InChI=1S/C23H31NO6/c1-6-7-8-12-17-19(23(27)30-29-5)21(25)18(20(24-28)22(17)26)14-13-16(4)11-9-10-15(2)3/h10,13H,6-9,11-12,14H2,1-5H3/b16-13+. The minimum Gasteiger partial charge on any atom is -0.293 e. The molecule has 0 N–H and O–H groups in total. The Hall–Kier alpha value is -2.67. The second-order valence-corrected chi connectivity index (χ2v) is 7.50. The lowest BCUT2D eigenvalue weighted by Crippen LogP contribution is -2.28. The minimum absolute atomic E-state index is 0.0295. The molecule has 1 rings (SSSR count). The molecule has 0 aliphatic heterocycles. The van der Waals surface area contributed by atoms with Gasteiger partial charge in [0.2, 0.25) is 5.78 Å². The zero-order valence-corrected chi connectivity index (χ0v) is 18.5. The molecule has 0 aromatic rings. The topological polar surface area (TPSA) is 99.1 Å².